The lowest BCUT2D eigenvalue weighted by Gasteiger charge is -2.27. The highest BCUT2D eigenvalue weighted by atomic mass is 16.5. The van der Waals surface area contributed by atoms with Crippen molar-refractivity contribution in [2.75, 3.05) is 54.6 Å². The Bertz CT molecular complexity index is 443. The van der Waals surface area contributed by atoms with E-state index < -0.39 is 0 Å². The number of ether oxygens (including phenoxy) is 1. The van der Waals surface area contributed by atoms with Crippen LogP contribution in [0.4, 0.5) is 17.8 Å². The van der Waals surface area contributed by atoms with Gasteiger partial charge in [-0.05, 0) is 6.42 Å². The fourth-order valence-electron chi connectivity index (χ4n) is 2.39. The van der Waals surface area contributed by atoms with Gasteiger partial charge in [-0.3, -0.25) is 5.43 Å². The maximum Gasteiger partial charge on any atom is 0.243 e. The van der Waals surface area contributed by atoms with Gasteiger partial charge in [-0.15, -0.1) is 0 Å². The number of hydrogen-bond acceptors (Lipinski definition) is 9. The van der Waals surface area contributed by atoms with E-state index >= 15 is 0 Å². The SMILES string of the molecule is NNc1nc(N2CCOCC2)nc(N2CCC(O)C2)n1. The molecule has 1 unspecified atom stereocenters. The number of aliphatic hydroxyl groups excluding tert-OH is 1. The Labute approximate surface area is 116 Å². The average Bonchev–Trinajstić information content (AvgIpc) is 2.94. The third-order valence-corrected chi connectivity index (χ3v) is 3.48. The summed E-state index contributed by atoms with van der Waals surface area (Å²) in [6, 6.07) is 0. The number of β-amino-alcohol motifs (C(OH)–C–C–N with tert-alkyl or cyclic N) is 1. The highest BCUT2D eigenvalue weighted by Gasteiger charge is 2.24. The van der Waals surface area contributed by atoms with E-state index in [9.17, 15) is 5.11 Å². The van der Waals surface area contributed by atoms with Crippen LogP contribution in [-0.4, -0.2) is 65.6 Å². The standard InChI is InChI=1S/C11H19N7O2/c12-16-9-13-10(17-3-5-20-6-4-17)15-11(14-9)18-2-1-8(19)7-18/h8,19H,1-7,12H2,(H,13,14,15,16). The summed E-state index contributed by atoms with van der Waals surface area (Å²) in [5.74, 6) is 6.90. The lowest BCUT2D eigenvalue weighted by molar-refractivity contribution is 0.122. The van der Waals surface area contributed by atoms with E-state index in [1.165, 1.54) is 0 Å². The summed E-state index contributed by atoms with van der Waals surface area (Å²) in [6.45, 7) is 4.09. The Morgan fingerprint density at radius 3 is 2.40 bits per heavy atom. The molecular formula is C11H19N7O2. The summed E-state index contributed by atoms with van der Waals surface area (Å²) in [5.41, 5.74) is 2.47. The van der Waals surface area contributed by atoms with Crippen molar-refractivity contribution in [3.63, 3.8) is 0 Å². The number of nitrogen functional groups attached to an aromatic ring is 1. The molecule has 2 aliphatic heterocycles. The molecule has 1 aromatic rings. The van der Waals surface area contributed by atoms with Gasteiger partial charge in [0.1, 0.15) is 0 Å². The molecule has 0 saturated carbocycles. The fourth-order valence-corrected chi connectivity index (χ4v) is 2.39. The summed E-state index contributed by atoms with van der Waals surface area (Å²) in [7, 11) is 0. The van der Waals surface area contributed by atoms with Crippen molar-refractivity contribution in [3.05, 3.63) is 0 Å². The summed E-state index contributed by atoms with van der Waals surface area (Å²) < 4.78 is 5.33. The van der Waals surface area contributed by atoms with Gasteiger partial charge >= 0.3 is 0 Å². The Balaban J connectivity index is 1.86. The number of morpholine rings is 1. The second-order valence-corrected chi connectivity index (χ2v) is 4.89. The Hall–Kier alpha value is -1.71. The first-order valence-corrected chi connectivity index (χ1v) is 6.74. The van der Waals surface area contributed by atoms with Gasteiger partial charge in [-0.2, -0.15) is 15.0 Å². The Morgan fingerprint density at radius 1 is 1.10 bits per heavy atom. The third-order valence-electron chi connectivity index (χ3n) is 3.48. The van der Waals surface area contributed by atoms with Crippen LogP contribution in [0.25, 0.3) is 0 Å². The van der Waals surface area contributed by atoms with Crippen molar-refractivity contribution >= 4 is 17.8 Å². The lowest BCUT2D eigenvalue weighted by Crippen LogP contribution is -2.38. The van der Waals surface area contributed by atoms with Crippen molar-refractivity contribution in [3.8, 4) is 0 Å². The number of nitrogens with two attached hydrogens (primary N) is 1. The maximum absolute atomic E-state index is 9.63. The van der Waals surface area contributed by atoms with Crippen molar-refractivity contribution in [2.45, 2.75) is 12.5 Å². The molecule has 9 heteroatoms. The van der Waals surface area contributed by atoms with E-state index in [-0.39, 0.29) is 6.10 Å². The number of anilines is 3. The van der Waals surface area contributed by atoms with E-state index in [1.54, 1.807) is 0 Å². The first-order chi connectivity index (χ1) is 9.76. The number of aliphatic hydroxyl groups is 1. The van der Waals surface area contributed by atoms with Crippen LogP contribution >= 0.6 is 0 Å². The minimum Gasteiger partial charge on any atom is -0.391 e. The molecular weight excluding hydrogens is 262 g/mol. The van der Waals surface area contributed by atoms with Crippen LogP contribution in [0.5, 0.6) is 0 Å². The van der Waals surface area contributed by atoms with E-state index in [0.717, 1.165) is 26.1 Å². The zero-order valence-electron chi connectivity index (χ0n) is 11.2. The second-order valence-electron chi connectivity index (χ2n) is 4.89. The van der Waals surface area contributed by atoms with Gasteiger partial charge in [0.2, 0.25) is 17.8 Å². The van der Waals surface area contributed by atoms with E-state index in [2.05, 4.69) is 20.4 Å². The molecule has 3 rings (SSSR count). The first kappa shape index (κ1) is 13.3. The van der Waals surface area contributed by atoms with Crippen LogP contribution in [0.1, 0.15) is 6.42 Å². The van der Waals surface area contributed by atoms with Gasteiger partial charge in [0.05, 0.1) is 19.3 Å². The number of hydrogen-bond donors (Lipinski definition) is 3. The Kier molecular flexibility index (Phi) is 3.81. The van der Waals surface area contributed by atoms with Gasteiger partial charge in [-0.25, -0.2) is 5.84 Å². The van der Waals surface area contributed by atoms with E-state index in [1.807, 2.05) is 9.80 Å². The van der Waals surface area contributed by atoms with Crippen LogP contribution in [0.3, 0.4) is 0 Å². The topological polar surface area (TPSA) is 113 Å². The zero-order valence-corrected chi connectivity index (χ0v) is 11.2. The van der Waals surface area contributed by atoms with E-state index in [4.69, 9.17) is 10.6 Å². The van der Waals surface area contributed by atoms with Gasteiger partial charge in [0, 0.05) is 26.2 Å². The highest BCUT2D eigenvalue weighted by Crippen LogP contribution is 2.20. The molecule has 3 heterocycles. The predicted octanol–water partition coefficient (Wildman–Crippen LogP) is -1.44. The molecule has 110 valence electrons. The zero-order chi connectivity index (χ0) is 13.9. The summed E-state index contributed by atoms with van der Waals surface area (Å²) in [4.78, 5) is 17.0. The smallest absolute Gasteiger partial charge is 0.243 e. The molecule has 9 nitrogen and oxygen atoms in total. The van der Waals surface area contributed by atoms with Crippen LogP contribution in [0.15, 0.2) is 0 Å². The molecule has 2 saturated heterocycles. The van der Waals surface area contributed by atoms with Crippen LogP contribution in [0.2, 0.25) is 0 Å². The van der Waals surface area contributed by atoms with Crippen molar-refractivity contribution < 1.29 is 9.84 Å². The van der Waals surface area contributed by atoms with Crippen molar-refractivity contribution in [2.24, 2.45) is 5.84 Å². The van der Waals surface area contributed by atoms with Crippen molar-refractivity contribution in [1.82, 2.24) is 15.0 Å². The second kappa shape index (κ2) is 5.73. The number of rotatable bonds is 3. The average molecular weight is 281 g/mol. The monoisotopic (exact) mass is 281 g/mol. The van der Waals surface area contributed by atoms with Gasteiger partial charge in [-0.1, -0.05) is 0 Å². The molecule has 0 spiro atoms. The molecule has 0 amide bonds. The van der Waals surface area contributed by atoms with Gasteiger partial charge in [0.25, 0.3) is 0 Å². The highest BCUT2D eigenvalue weighted by molar-refractivity contribution is 5.45. The van der Waals surface area contributed by atoms with Gasteiger partial charge in [0.15, 0.2) is 0 Å². The fraction of sp³-hybridized carbons (Fsp3) is 0.727. The normalized spacial score (nSPS) is 23.2. The number of hydrazine groups is 1. The maximum atomic E-state index is 9.63. The predicted molar refractivity (Wildman–Crippen MR) is 73.5 cm³/mol. The molecule has 0 bridgehead atoms. The van der Waals surface area contributed by atoms with Crippen LogP contribution < -0.4 is 21.1 Å². The third kappa shape index (κ3) is 2.74. The number of nitrogens with one attached hydrogen (secondary N) is 1. The van der Waals surface area contributed by atoms with Crippen LogP contribution in [-0.2, 0) is 4.74 Å². The van der Waals surface area contributed by atoms with Crippen molar-refractivity contribution in [1.29, 1.82) is 0 Å². The molecule has 0 radical (unpaired) electrons. The van der Waals surface area contributed by atoms with E-state index in [0.29, 0.717) is 37.6 Å². The summed E-state index contributed by atoms with van der Waals surface area (Å²) in [6.07, 6.45) is 0.400. The number of aromatic nitrogens is 3. The molecule has 1 atom stereocenters. The molecule has 20 heavy (non-hydrogen) atoms. The summed E-state index contributed by atoms with van der Waals surface area (Å²) in [5, 5.41) is 9.63. The summed E-state index contributed by atoms with van der Waals surface area (Å²) >= 11 is 0. The quantitative estimate of drug-likeness (QED) is 0.453. The van der Waals surface area contributed by atoms with Crippen LogP contribution in [0, 0.1) is 0 Å². The Morgan fingerprint density at radius 2 is 1.80 bits per heavy atom. The molecule has 1 aromatic heterocycles. The molecule has 2 fully saturated rings. The lowest BCUT2D eigenvalue weighted by atomic mass is 10.3. The number of nitrogens with zero attached hydrogens (tertiary/aromatic N) is 5. The first-order valence-electron chi connectivity index (χ1n) is 6.74. The minimum atomic E-state index is -0.326. The minimum absolute atomic E-state index is 0.326. The molecule has 0 aromatic carbocycles. The van der Waals surface area contributed by atoms with Gasteiger partial charge < -0.3 is 19.6 Å². The molecule has 0 aliphatic carbocycles. The molecule has 4 N–H and O–H groups in total. The molecule has 2 aliphatic rings. The largest absolute Gasteiger partial charge is 0.391 e.